The molecule has 0 radical (unpaired) electrons. The molecule has 0 bridgehead atoms. The smallest absolute Gasteiger partial charge is 0.279 e. The van der Waals surface area contributed by atoms with Crippen LogP contribution in [0.5, 0.6) is 5.75 Å². The summed E-state index contributed by atoms with van der Waals surface area (Å²) >= 11 is 0. The zero-order chi connectivity index (χ0) is 23.2. The van der Waals surface area contributed by atoms with Crippen LogP contribution in [0.25, 0.3) is 0 Å². The SMILES string of the molecule is Cc1ccc(N(C(=O)c2cnccn2)[C@@H](C(=O)NC2CCCCC2)c2ccc(O)cc2)cc1. The van der Waals surface area contributed by atoms with Crippen LogP contribution >= 0.6 is 0 Å². The van der Waals surface area contributed by atoms with E-state index in [9.17, 15) is 14.7 Å². The van der Waals surface area contributed by atoms with Crippen molar-refractivity contribution in [3.05, 3.63) is 83.9 Å². The third kappa shape index (κ3) is 5.37. The lowest BCUT2D eigenvalue weighted by Crippen LogP contribution is -2.47. The largest absolute Gasteiger partial charge is 0.508 e. The van der Waals surface area contributed by atoms with Gasteiger partial charge in [0.05, 0.1) is 6.20 Å². The van der Waals surface area contributed by atoms with E-state index in [1.807, 2.05) is 31.2 Å². The normalized spacial score (nSPS) is 14.9. The fourth-order valence-electron chi connectivity index (χ4n) is 4.22. The second-order valence-corrected chi connectivity index (χ2v) is 8.44. The summed E-state index contributed by atoms with van der Waals surface area (Å²) in [5, 5.41) is 13.0. The highest BCUT2D eigenvalue weighted by atomic mass is 16.3. The van der Waals surface area contributed by atoms with Crippen molar-refractivity contribution in [3.63, 3.8) is 0 Å². The van der Waals surface area contributed by atoms with E-state index in [0.29, 0.717) is 11.3 Å². The van der Waals surface area contributed by atoms with E-state index >= 15 is 0 Å². The average Bonchev–Trinajstić information content (AvgIpc) is 2.85. The molecule has 2 aromatic carbocycles. The Kier molecular flexibility index (Phi) is 6.98. The molecule has 1 aliphatic rings. The summed E-state index contributed by atoms with van der Waals surface area (Å²) in [6.45, 7) is 1.96. The number of hydrogen-bond acceptors (Lipinski definition) is 5. The molecule has 0 unspecified atom stereocenters. The predicted molar refractivity (Wildman–Crippen MR) is 126 cm³/mol. The number of aryl methyl sites for hydroxylation is 1. The Labute approximate surface area is 193 Å². The van der Waals surface area contributed by atoms with Gasteiger partial charge >= 0.3 is 0 Å². The number of benzene rings is 2. The maximum atomic E-state index is 13.7. The van der Waals surface area contributed by atoms with Gasteiger partial charge in [-0.3, -0.25) is 19.5 Å². The summed E-state index contributed by atoms with van der Waals surface area (Å²) in [6.07, 6.45) is 9.54. The number of aromatic hydroxyl groups is 1. The van der Waals surface area contributed by atoms with Crippen molar-refractivity contribution in [3.8, 4) is 5.75 Å². The third-order valence-electron chi connectivity index (χ3n) is 5.98. The van der Waals surface area contributed by atoms with Crippen LogP contribution in [0.4, 0.5) is 5.69 Å². The molecule has 1 aromatic heterocycles. The molecule has 0 aliphatic heterocycles. The first kappa shape index (κ1) is 22.5. The summed E-state index contributed by atoms with van der Waals surface area (Å²) in [5.74, 6) is -0.596. The number of amides is 2. The van der Waals surface area contributed by atoms with Crippen LogP contribution in [-0.2, 0) is 4.79 Å². The lowest BCUT2D eigenvalue weighted by molar-refractivity contribution is -0.123. The molecule has 4 rings (SSSR count). The minimum atomic E-state index is -0.940. The summed E-state index contributed by atoms with van der Waals surface area (Å²) in [4.78, 5) is 37.1. The Bertz CT molecular complexity index is 1080. The molecule has 0 saturated heterocycles. The lowest BCUT2D eigenvalue weighted by Gasteiger charge is -2.33. The van der Waals surface area contributed by atoms with Crippen molar-refractivity contribution < 1.29 is 14.7 Å². The molecule has 3 aromatic rings. The van der Waals surface area contributed by atoms with Gasteiger partial charge in [-0.2, -0.15) is 0 Å². The van der Waals surface area contributed by atoms with E-state index in [4.69, 9.17) is 0 Å². The van der Waals surface area contributed by atoms with Crippen molar-refractivity contribution in [2.75, 3.05) is 4.90 Å². The highest BCUT2D eigenvalue weighted by Crippen LogP contribution is 2.31. The van der Waals surface area contributed by atoms with Crippen LogP contribution in [-0.4, -0.2) is 32.9 Å². The van der Waals surface area contributed by atoms with Crippen molar-refractivity contribution in [2.45, 2.75) is 51.1 Å². The Morgan fingerprint density at radius 1 is 1.00 bits per heavy atom. The molecule has 0 spiro atoms. The monoisotopic (exact) mass is 444 g/mol. The van der Waals surface area contributed by atoms with Gasteiger partial charge in [0.25, 0.3) is 5.91 Å². The molecule has 170 valence electrons. The number of phenolic OH excluding ortho intramolecular Hbond substituents is 1. The molecular weight excluding hydrogens is 416 g/mol. The van der Waals surface area contributed by atoms with Gasteiger partial charge in [0.1, 0.15) is 17.5 Å². The first-order chi connectivity index (χ1) is 16.0. The number of hydrogen-bond donors (Lipinski definition) is 2. The summed E-state index contributed by atoms with van der Waals surface area (Å²) < 4.78 is 0. The number of carbonyl (C=O) groups is 2. The number of nitrogens with one attached hydrogen (secondary N) is 1. The molecule has 1 saturated carbocycles. The average molecular weight is 445 g/mol. The highest BCUT2D eigenvalue weighted by Gasteiger charge is 2.35. The number of rotatable bonds is 6. The quantitative estimate of drug-likeness (QED) is 0.590. The van der Waals surface area contributed by atoms with Crippen molar-refractivity contribution in [1.82, 2.24) is 15.3 Å². The molecule has 7 nitrogen and oxygen atoms in total. The van der Waals surface area contributed by atoms with E-state index in [0.717, 1.165) is 31.2 Å². The number of aromatic nitrogens is 2. The number of anilines is 1. The van der Waals surface area contributed by atoms with Gasteiger partial charge in [-0.15, -0.1) is 0 Å². The predicted octanol–water partition coefficient (Wildman–Crippen LogP) is 4.33. The molecular formula is C26H28N4O3. The summed E-state index contributed by atoms with van der Waals surface area (Å²) in [5.41, 5.74) is 2.36. The van der Waals surface area contributed by atoms with Crippen molar-refractivity contribution in [1.29, 1.82) is 0 Å². The minimum Gasteiger partial charge on any atom is -0.508 e. The highest BCUT2D eigenvalue weighted by molar-refractivity contribution is 6.09. The van der Waals surface area contributed by atoms with Crippen LogP contribution in [0.3, 0.4) is 0 Å². The van der Waals surface area contributed by atoms with Crippen LogP contribution < -0.4 is 10.2 Å². The van der Waals surface area contributed by atoms with E-state index in [1.165, 1.54) is 42.0 Å². The fraction of sp³-hybridized carbons (Fsp3) is 0.308. The van der Waals surface area contributed by atoms with Crippen LogP contribution in [0, 0.1) is 6.92 Å². The zero-order valence-electron chi connectivity index (χ0n) is 18.6. The number of nitrogens with zero attached hydrogens (tertiary/aromatic N) is 3. The molecule has 1 atom stereocenters. The topological polar surface area (TPSA) is 95.4 Å². The van der Waals surface area contributed by atoms with Gasteiger partial charge in [0, 0.05) is 24.1 Å². The van der Waals surface area contributed by atoms with Crippen LogP contribution in [0.1, 0.15) is 59.8 Å². The maximum Gasteiger partial charge on any atom is 0.279 e. The van der Waals surface area contributed by atoms with Gasteiger partial charge in [0.2, 0.25) is 5.91 Å². The lowest BCUT2D eigenvalue weighted by atomic mass is 9.94. The van der Waals surface area contributed by atoms with E-state index in [-0.39, 0.29) is 23.4 Å². The Morgan fingerprint density at radius 2 is 1.70 bits per heavy atom. The van der Waals surface area contributed by atoms with Gasteiger partial charge < -0.3 is 10.4 Å². The van der Waals surface area contributed by atoms with Crippen molar-refractivity contribution >= 4 is 17.5 Å². The summed E-state index contributed by atoms with van der Waals surface area (Å²) in [7, 11) is 0. The van der Waals surface area contributed by atoms with E-state index in [1.54, 1.807) is 12.1 Å². The van der Waals surface area contributed by atoms with E-state index in [2.05, 4.69) is 15.3 Å². The van der Waals surface area contributed by atoms with Crippen molar-refractivity contribution in [2.24, 2.45) is 0 Å². The van der Waals surface area contributed by atoms with Gasteiger partial charge in [0.15, 0.2) is 0 Å². The molecule has 2 N–H and O–H groups in total. The first-order valence-corrected chi connectivity index (χ1v) is 11.3. The van der Waals surface area contributed by atoms with Gasteiger partial charge in [-0.25, -0.2) is 4.98 Å². The van der Waals surface area contributed by atoms with E-state index < -0.39 is 11.9 Å². The zero-order valence-corrected chi connectivity index (χ0v) is 18.6. The molecule has 33 heavy (non-hydrogen) atoms. The van der Waals surface area contributed by atoms with Gasteiger partial charge in [-0.1, -0.05) is 49.1 Å². The number of carbonyl (C=O) groups excluding carboxylic acids is 2. The third-order valence-corrected chi connectivity index (χ3v) is 5.98. The summed E-state index contributed by atoms with van der Waals surface area (Å²) in [6, 6.07) is 13.0. The van der Waals surface area contributed by atoms with Crippen LogP contribution in [0.15, 0.2) is 67.1 Å². The Balaban J connectivity index is 1.79. The first-order valence-electron chi connectivity index (χ1n) is 11.3. The molecule has 7 heteroatoms. The Morgan fingerprint density at radius 3 is 2.33 bits per heavy atom. The minimum absolute atomic E-state index is 0.0809. The fourth-order valence-corrected chi connectivity index (χ4v) is 4.22. The molecule has 2 amide bonds. The standard InChI is InChI=1S/C26H28N4O3/c1-18-7-11-21(12-8-18)30(26(33)23-17-27-15-16-28-23)24(19-9-13-22(31)14-10-19)25(32)29-20-5-3-2-4-6-20/h7-17,20,24,31H,2-6H2,1H3,(H,29,32)/t24-/m1/s1. The molecule has 1 aliphatic carbocycles. The van der Waals surface area contributed by atoms with Crippen LogP contribution in [0.2, 0.25) is 0 Å². The Hall–Kier alpha value is -3.74. The maximum absolute atomic E-state index is 13.7. The second-order valence-electron chi connectivity index (χ2n) is 8.44. The number of phenols is 1. The molecule has 1 fully saturated rings. The second kappa shape index (κ2) is 10.3. The molecule has 1 heterocycles. The van der Waals surface area contributed by atoms with Gasteiger partial charge in [-0.05, 0) is 49.6 Å².